The summed E-state index contributed by atoms with van der Waals surface area (Å²) in [6.07, 6.45) is 1.65. The Hall–Kier alpha value is -1.95. The molecule has 5 nitrogen and oxygen atoms in total. The Morgan fingerprint density at radius 2 is 2.25 bits per heavy atom. The molecular weight excluding hydrogens is 272 g/mol. The fraction of sp³-hybridized carbons (Fsp3) is 0.357. The van der Waals surface area contributed by atoms with Crippen LogP contribution in [0.3, 0.4) is 0 Å². The molecule has 6 heteroatoms. The number of hydrogen-bond acceptors (Lipinski definition) is 5. The third-order valence-corrected chi connectivity index (χ3v) is 3.57. The van der Waals surface area contributed by atoms with Crippen molar-refractivity contribution in [3.8, 4) is 0 Å². The van der Waals surface area contributed by atoms with Crippen molar-refractivity contribution in [3.05, 3.63) is 40.1 Å². The summed E-state index contributed by atoms with van der Waals surface area (Å²) in [6, 6.07) is 1.99. The Morgan fingerprint density at radius 1 is 1.45 bits per heavy atom. The zero-order valence-corrected chi connectivity index (χ0v) is 12.6. The summed E-state index contributed by atoms with van der Waals surface area (Å²) in [6.45, 7) is 4.51. The summed E-state index contributed by atoms with van der Waals surface area (Å²) in [4.78, 5) is 20.9. The van der Waals surface area contributed by atoms with E-state index in [4.69, 9.17) is 0 Å². The van der Waals surface area contributed by atoms with E-state index >= 15 is 0 Å². The number of aromatic nitrogens is 2. The molecule has 0 aliphatic rings. The highest BCUT2D eigenvalue weighted by atomic mass is 32.1. The molecule has 0 saturated heterocycles. The van der Waals surface area contributed by atoms with Gasteiger partial charge in [0.2, 0.25) is 0 Å². The Balaban J connectivity index is 2.16. The van der Waals surface area contributed by atoms with Crippen molar-refractivity contribution in [1.82, 2.24) is 15.3 Å². The van der Waals surface area contributed by atoms with Crippen molar-refractivity contribution < 1.29 is 4.79 Å². The zero-order valence-electron chi connectivity index (χ0n) is 11.8. The summed E-state index contributed by atoms with van der Waals surface area (Å²) in [7, 11) is 1.75. The molecule has 2 rings (SSSR count). The highest BCUT2D eigenvalue weighted by molar-refractivity contribution is 7.07. The predicted octanol–water partition coefficient (Wildman–Crippen LogP) is 2.63. The van der Waals surface area contributed by atoms with Crippen LogP contribution in [-0.2, 0) is 6.54 Å². The largest absolute Gasteiger partial charge is 0.385 e. The quantitative estimate of drug-likeness (QED) is 0.888. The van der Waals surface area contributed by atoms with Gasteiger partial charge in [0.15, 0.2) is 5.69 Å². The topological polar surface area (TPSA) is 66.9 Å². The van der Waals surface area contributed by atoms with Crippen molar-refractivity contribution in [3.63, 3.8) is 0 Å². The van der Waals surface area contributed by atoms with E-state index in [1.807, 2.05) is 30.7 Å². The van der Waals surface area contributed by atoms with Crippen LogP contribution in [-0.4, -0.2) is 22.9 Å². The fourth-order valence-corrected chi connectivity index (χ4v) is 2.36. The molecule has 0 spiro atoms. The maximum atomic E-state index is 12.3. The predicted molar refractivity (Wildman–Crippen MR) is 81.2 cm³/mol. The molecule has 2 aromatic rings. The molecule has 0 aromatic carbocycles. The minimum absolute atomic E-state index is 0.185. The fourth-order valence-electron chi connectivity index (χ4n) is 1.69. The molecule has 0 aliphatic carbocycles. The normalized spacial score (nSPS) is 10.6. The van der Waals surface area contributed by atoms with Gasteiger partial charge in [-0.05, 0) is 22.4 Å². The zero-order chi connectivity index (χ0) is 14.5. The van der Waals surface area contributed by atoms with E-state index in [0.29, 0.717) is 23.8 Å². The highest BCUT2D eigenvalue weighted by Gasteiger charge is 2.15. The summed E-state index contributed by atoms with van der Waals surface area (Å²) in [5, 5.41) is 9.83. The monoisotopic (exact) mass is 290 g/mol. The Labute approximate surface area is 122 Å². The van der Waals surface area contributed by atoms with E-state index in [9.17, 15) is 4.79 Å². The van der Waals surface area contributed by atoms with Crippen LogP contribution in [0.5, 0.6) is 0 Å². The second kappa shape index (κ2) is 6.47. The summed E-state index contributed by atoms with van der Waals surface area (Å²) in [5.41, 5.74) is 2.12. The standard InChI is InChI=1S/C14H18N4OS/c1-9(2)13-16-7-11(15-3)12(18-13)14(19)17-6-10-4-5-20-8-10/h4-5,7-9,15H,6H2,1-3H3,(H,17,19). The molecule has 2 aromatic heterocycles. The number of carbonyl (C=O) groups is 1. The average Bonchev–Trinajstić information content (AvgIpc) is 2.97. The lowest BCUT2D eigenvalue weighted by Gasteiger charge is -2.11. The SMILES string of the molecule is CNc1cnc(C(C)C)nc1C(=O)NCc1ccsc1. The van der Waals surface area contributed by atoms with E-state index in [-0.39, 0.29) is 11.8 Å². The molecule has 2 N–H and O–H groups in total. The Morgan fingerprint density at radius 3 is 2.85 bits per heavy atom. The third-order valence-electron chi connectivity index (χ3n) is 2.84. The van der Waals surface area contributed by atoms with E-state index in [0.717, 1.165) is 5.56 Å². The van der Waals surface area contributed by atoms with Crippen molar-refractivity contribution in [2.24, 2.45) is 0 Å². The lowest BCUT2D eigenvalue weighted by atomic mass is 10.2. The van der Waals surface area contributed by atoms with Crippen LogP contribution in [0, 0.1) is 0 Å². The first kappa shape index (κ1) is 14.5. The van der Waals surface area contributed by atoms with E-state index in [1.54, 1.807) is 24.6 Å². The number of amides is 1. The van der Waals surface area contributed by atoms with Gasteiger partial charge >= 0.3 is 0 Å². The highest BCUT2D eigenvalue weighted by Crippen LogP contribution is 2.16. The van der Waals surface area contributed by atoms with Gasteiger partial charge in [-0.2, -0.15) is 11.3 Å². The summed E-state index contributed by atoms with van der Waals surface area (Å²) >= 11 is 1.61. The smallest absolute Gasteiger partial charge is 0.272 e. The summed E-state index contributed by atoms with van der Waals surface area (Å²) in [5.74, 6) is 0.666. The first-order valence-corrected chi connectivity index (χ1v) is 7.40. The molecule has 0 fully saturated rings. The van der Waals surface area contributed by atoms with Crippen molar-refractivity contribution in [2.45, 2.75) is 26.3 Å². The Bertz CT molecular complexity index is 581. The van der Waals surface area contributed by atoms with Crippen molar-refractivity contribution in [1.29, 1.82) is 0 Å². The maximum absolute atomic E-state index is 12.3. The molecule has 106 valence electrons. The van der Waals surface area contributed by atoms with Crippen LogP contribution in [0.15, 0.2) is 23.0 Å². The van der Waals surface area contributed by atoms with E-state index < -0.39 is 0 Å². The number of thiophene rings is 1. The van der Waals surface area contributed by atoms with Crippen molar-refractivity contribution >= 4 is 22.9 Å². The minimum Gasteiger partial charge on any atom is -0.385 e. The second-order valence-electron chi connectivity index (χ2n) is 4.71. The molecule has 0 saturated carbocycles. The van der Waals surface area contributed by atoms with Crippen LogP contribution >= 0.6 is 11.3 Å². The lowest BCUT2D eigenvalue weighted by Crippen LogP contribution is -2.25. The molecule has 20 heavy (non-hydrogen) atoms. The second-order valence-corrected chi connectivity index (χ2v) is 5.49. The van der Waals surface area contributed by atoms with E-state index in [1.165, 1.54) is 0 Å². The van der Waals surface area contributed by atoms with Gasteiger partial charge < -0.3 is 10.6 Å². The van der Waals surface area contributed by atoms with Gasteiger partial charge in [0.05, 0.1) is 11.9 Å². The van der Waals surface area contributed by atoms with Gasteiger partial charge in [-0.15, -0.1) is 0 Å². The van der Waals surface area contributed by atoms with Gasteiger partial charge in [-0.25, -0.2) is 9.97 Å². The van der Waals surface area contributed by atoms with Gasteiger partial charge in [-0.1, -0.05) is 13.8 Å². The van der Waals surface area contributed by atoms with Crippen LogP contribution in [0.4, 0.5) is 5.69 Å². The number of anilines is 1. The number of hydrogen-bond donors (Lipinski definition) is 2. The van der Waals surface area contributed by atoms with Crippen LogP contribution in [0.25, 0.3) is 0 Å². The van der Waals surface area contributed by atoms with Crippen LogP contribution < -0.4 is 10.6 Å². The molecule has 0 bridgehead atoms. The van der Waals surface area contributed by atoms with Gasteiger partial charge in [-0.3, -0.25) is 4.79 Å². The molecule has 2 heterocycles. The van der Waals surface area contributed by atoms with Gasteiger partial charge in [0.25, 0.3) is 5.91 Å². The van der Waals surface area contributed by atoms with Gasteiger partial charge in [0, 0.05) is 19.5 Å². The first-order chi connectivity index (χ1) is 9.61. The molecule has 1 amide bonds. The summed E-state index contributed by atoms with van der Waals surface area (Å²) < 4.78 is 0. The first-order valence-electron chi connectivity index (χ1n) is 6.45. The number of rotatable bonds is 5. The van der Waals surface area contributed by atoms with Gasteiger partial charge in [0.1, 0.15) is 5.82 Å². The molecule has 0 unspecified atom stereocenters. The number of nitrogens with one attached hydrogen (secondary N) is 2. The molecule has 0 radical (unpaired) electrons. The molecule has 0 atom stereocenters. The number of nitrogens with zero attached hydrogens (tertiary/aromatic N) is 2. The Kier molecular flexibility index (Phi) is 4.68. The molecule has 0 aliphatic heterocycles. The van der Waals surface area contributed by atoms with Crippen LogP contribution in [0.1, 0.15) is 41.6 Å². The average molecular weight is 290 g/mol. The maximum Gasteiger partial charge on any atom is 0.272 e. The number of carbonyl (C=O) groups excluding carboxylic acids is 1. The van der Waals surface area contributed by atoms with Crippen LogP contribution in [0.2, 0.25) is 0 Å². The van der Waals surface area contributed by atoms with Crippen molar-refractivity contribution in [2.75, 3.05) is 12.4 Å². The lowest BCUT2D eigenvalue weighted by molar-refractivity contribution is 0.0946. The molecular formula is C14H18N4OS. The van der Waals surface area contributed by atoms with E-state index in [2.05, 4.69) is 20.6 Å². The minimum atomic E-state index is -0.190. The third kappa shape index (κ3) is 3.33.